The molecular formula is C15H14FNO3. The average molecular weight is 275 g/mol. The Hall–Kier alpha value is -2.40. The van der Waals surface area contributed by atoms with E-state index >= 15 is 0 Å². The van der Waals surface area contributed by atoms with Gasteiger partial charge in [0.25, 0.3) is 5.91 Å². The van der Waals surface area contributed by atoms with E-state index in [1.807, 2.05) is 6.07 Å². The van der Waals surface area contributed by atoms with Gasteiger partial charge in [0.2, 0.25) is 0 Å². The molecule has 2 aromatic carbocycles. The maximum atomic E-state index is 12.8. The van der Waals surface area contributed by atoms with Crippen LogP contribution in [0.25, 0.3) is 0 Å². The van der Waals surface area contributed by atoms with Gasteiger partial charge in [0.1, 0.15) is 11.6 Å². The molecular weight excluding hydrogens is 261 g/mol. The fourth-order valence-electron chi connectivity index (χ4n) is 1.77. The zero-order valence-electron chi connectivity index (χ0n) is 10.6. The van der Waals surface area contributed by atoms with Gasteiger partial charge in [-0.05, 0) is 17.7 Å². The third-order valence-corrected chi connectivity index (χ3v) is 2.84. The van der Waals surface area contributed by atoms with Crippen LogP contribution in [-0.4, -0.2) is 22.7 Å². The number of carbonyl (C=O) groups is 1. The Morgan fingerprint density at radius 2 is 1.90 bits per heavy atom. The summed E-state index contributed by atoms with van der Waals surface area (Å²) < 4.78 is 12.8. The third kappa shape index (κ3) is 3.33. The largest absolute Gasteiger partial charge is 0.507 e. The number of aliphatic hydroxyl groups is 1. The van der Waals surface area contributed by atoms with Crippen LogP contribution in [0.5, 0.6) is 5.75 Å². The minimum Gasteiger partial charge on any atom is -0.507 e. The second-order valence-corrected chi connectivity index (χ2v) is 4.30. The zero-order chi connectivity index (χ0) is 14.5. The molecule has 4 nitrogen and oxygen atoms in total. The van der Waals surface area contributed by atoms with E-state index in [1.165, 1.54) is 6.07 Å². The van der Waals surface area contributed by atoms with Gasteiger partial charge in [-0.3, -0.25) is 4.79 Å². The molecule has 0 radical (unpaired) electrons. The first-order chi connectivity index (χ1) is 9.58. The van der Waals surface area contributed by atoms with E-state index in [0.29, 0.717) is 5.56 Å². The summed E-state index contributed by atoms with van der Waals surface area (Å²) in [6.07, 6.45) is -0.845. The molecule has 0 aliphatic carbocycles. The van der Waals surface area contributed by atoms with Gasteiger partial charge >= 0.3 is 0 Å². The molecule has 3 N–H and O–H groups in total. The number of hydrogen-bond donors (Lipinski definition) is 3. The van der Waals surface area contributed by atoms with Gasteiger partial charge in [0.05, 0.1) is 11.7 Å². The van der Waals surface area contributed by atoms with E-state index in [2.05, 4.69) is 5.32 Å². The molecule has 0 spiro atoms. The molecule has 1 unspecified atom stereocenters. The second-order valence-electron chi connectivity index (χ2n) is 4.30. The predicted molar refractivity (Wildman–Crippen MR) is 71.8 cm³/mol. The Kier molecular flexibility index (Phi) is 4.32. The van der Waals surface area contributed by atoms with Gasteiger partial charge in [-0.1, -0.05) is 30.3 Å². The summed E-state index contributed by atoms with van der Waals surface area (Å²) in [5.41, 5.74) is 0.641. The highest BCUT2D eigenvalue weighted by Gasteiger charge is 2.14. The smallest absolute Gasteiger partial charge is 0.255 e. The highest BCUT2D eigenvalue weighted by atomic mass is 19.1. The SMILES string of the molecule is O=C(NCC(O)c1ccccc1)c1ccc(F)cc1O. The topological polar surface area (TPSA) is 69.6 Å². The van der Waals surface area contributed by atoms with Gasteiger partial charge in [-0.25, -0.2) is 4.39 Å². The van der Waals surface area contributed by atoms with Crippen LogP contribution in [0.1, 0.15) is 22.0 Å². The van der Waals surface area contributed by atoms with E-state index in [1.54, 1.807) is 24.3 Å². The molecule has 0 aromatic heterocycles. The summed E-state index contributed by atoms with van der Waals surface area (Å²) >= 11 is 0. The van der Waals surface area contributed by atoms with Crippen LogP contribution in [0.2, 0.25) is 0 Å². The van der Waals surface area contributed by atoms with Crippen molar-refractivity contribution in [3.63, 3.8) is 0 Å². The third-order valence-electron chi connectivity index (χ3n) is 2.84. The first-order valence-electron chi connectivity index (χ1n) is 6.07. The summed E-state index contributed by atoms with van der Waals surface area (Å²) in [5, 5.41) is 21.9. The number of amides is 1. The van der Waals surface area contributed by atoms with Crippen molar-refractivity contribution in [3.8, 4) is 5.75 Å². The lowest BCUT2D eigenvalue weighted by Crippen LogP contribution is -2.28. The summed E-state index contributed by atoms with van der Waals surface area (Å²) in [6.45, 7) is -0.000334. The Balaban J connectivity index is 1.99. The van der Waals surface area contributed by atoms with Crippen molar-refractivity contribution in [2.45, 2.75) is 6.10 Å². The first kappa shape index (κ1) is 14.0. The maximum Gasteiger partial charge on any atom is 0.255 e. The lowest BCUT2D eigenvalue weighted by Gasteiger charge is -2.12. The van der Waals surface area contributed by atoms with Crippen molar-refractivity contribution in [1.82, 2.24) is 5.32 Å². The molecule has 0 saturated carbocycles. The van der Waals surface area contributed by atoms with Crippen molar-refractivity contribution >= 4 is 5.91 Å². The van der Waals surface area contributed by atoms with E-state index in [4.69, 9.17) is 0 Å². The fraction of sp³-hybridized carbons (Fsp3) is 0.133. The second kappa shape index (κ2) is 6.16. The molecule has 0 aliphatic heterocycles. The molecule has 104 valence electrons. The number of halogens is 1. The molecule has 20 heavy (non-hydrogen) atoms. The van der Waals surface area contributed by atoms with Crippen molar-refractivity contribution in [3.05, 3.63) is 65.5 Å². The van der Waals surface area contributed by atoms with Gasteiger partial charge in [-0.15, -0.1) is 0 Å². The molecule has 0 fully saturated rings. The number of phenolic OH excluding ortho intramolecular Hbond substituents is 1. The summed E-state index contributed by atoms with van der Waals surface area (Å²) in [5.74, 6) is -1.63. The van der Waals surface area contributed by atoms with E-state index in [9.17, 15) is 19.4 Å². The molecule has 0 heterocycles. The van der Waals surface area contributed by atoms with E-state index in [-0.39, 0.29) is 12.1 Å². The Labute approximate surface area is 115 Å². The van der Waals surface area contributed by atoms with Gasteiger partial charge in [-0.2, -0.15) is 0 Å². The van der Waals surface area contributed by atoms with Crippen molar-refractivity contribution in [2.24, 2.45) is 0 Å². The fourth-order valence-corrected chi connectivity index (χ4v) is 1.77. The minimum absolute atomic E-state index is 0.000334. The van der Waals surface area contributed by atoms with Crippen LogP contribution in [0, 0.1) is 5.82 Å². The number of carbonyl (C=O) groups excluding carboxylic acids is 1. The number of phenols is 1. The van der Waals surface area contributed by atoms with Crippen LogP contribution in [0.4, 0.5) is 4.39 Å². The quantitative estimate of drug-likeness (QED) is 0.799. The predicted octanol–water partition coefficient (Wildman–Crippen LogP) is 1.99. The van der Waals surface area contributed by atoms with E-state index < -0.39 is 23.6 Å². The summed E-state index contributed by atoms with van der Waals surface area (Å²) in [7, 11) is 0. The zero-order valence-corrected chi connectivity index (χ0v) is 10.6. The van der Waals surface area contributed by atoms with Gasteiger partial charge in [0.15, 0.2) is 0 Å². The van der Waals surface area contributed by atoms with Crippen LogP contribution in [-0.2, 0) is 0 Å². The normalized spacial score (nSPS) is 11.9. The Morgan fingerprint density at radius 1 is 1.20 bits per heavy atom. The molecule has 2 rings (SSSR count). The Bertz CT molecular complexity index is 601. The highest BCUT2D eigenvalue weighted by Crippen LogP contribution is 2.18. The van der Waals surface area contributed by atoms with Gasteiger partial charge in [0, 0.05) is 12.6 Å². The van der Waals surface area contributed by atoms with Crippen LogP contribution < -0.4 is 5.32 Å². The van der Waals surface area contributed by atoms with E-state index in [0.717, 1.165) is 12.1 Å². The molecule has 0 aliphatic rings. The standard InChI is InChI=1S/C15H14FNO3/c16-11-6-7-12(13(18)8-11)15(20)17-9-14(19)10-4-2-1-3-5-10/h1-8,14,18-19H,9H2,(H,17,20). The average Bonchev–Trinajstić information content (AvgIpc) is 2.45. The Morgan fingerprint density at radius 3 is 2.55 bits per heavy atom. The number of rotatable bonds is 4. The number of aliphatic hydroxyl groups excluding tert-OH is 1. The summed E-state index contributed by atoms with van der Waals surface area (Å²) in [4.78, 5) is 11.8. The van der Waals surface area contributed by atoms with Crippen molar-refractivity contribution in [1.29, 1.82) is 0 Å². The molecule has 0 bridgehead atoms. The monoisotopic (exact) mass is 275 g/mol. The maximum absolute atomic E-state index is 12.8. The van der Waals surface area contributed by atoms with Crippen LogP contribution in [0.3, 0.4) is 0 Å². The molecule has 2 aromatic rings. The first-order valence-corrected chi connectivity index (χ1v) is 6.07. The molecule has 0 saturated heterocycles. The number of nitrogens with one attached hydrogen (secondary N) is 1. The highest BCUT2D eigenvalue weighted by molar-refractivity contribution is 5.96. The summed E-state index contributed by atoms with van der Waals surface area (Å²) in [6, 6.07) is 12.0. The molecule has 5 heteroatoms. The van der Waals surface area contributed by atoms with Gasteiger partial charge < -0.3 is 15.5 Å². The lowest BCUT2D eigenvalue weighted by molar-refractivity contribution is 0.0913. The van der Waals surface area contributed by atoms with Crippen LogP contribution >= 0.6 is 0 Å². The van der Waals surface area contributed by atoms with Crippen molar-refractivity contribution in [2.75, 3.05) is 6.54 Å². The lowest BCUT2D eigenvalue weighted by atomic mass is 10.1. The minimum atomic E-state index is -0.845. The van der Waals surface area contributed by atoms with Crippen molar-refractivity contribution < 1.29 is 19.4 Å². The molecule has 1 amide bonds. The number of benzene rings is 2. The number of hydrogen-bond acceptors (Lipinski definition) is 3. The van der Waals surface area contributed by atoms with Crippen LogP contribution in [0.15, 0.2) is 48.5 Å². The number of aromatic hydroxyl groups is 1. The molecule has 1 atom stereocenters.